The van der Waals surface area contributed by atoms with E-state index in [1.54, 1.807) is 0 Å². The predicted molar refractivity (Wildman–Crippen MR) is 132 cm³/mol. The third-order valence-electron chi connectivity index (χ3n) is 5.00. The normalized spacial score (nSPS) is 12.4. The van der Waals surface area contributed by atoms with E-state index >= 15 is 0 Å². The molecule has 0 bridgehead atoms. The summed E-state index contributed by atoms with van der Waals surface area (Å²) in [6, 6.07) is 16.4. The number of aryl methyl sites for hydroxylation is 1. The van der Waals surface area contributed by atoms with Crippen molar-refractivity contribution in [2.75, 3.05) is 26.2 Å². The number of fused-ring (bicyclic) bond motifs is 1. The van der Waals surface area contributed by atoms with Crippen molar-refractivity contribution in [3.63, 3.8) is 0 Å². The summed E-state index contributed by atoms with van der Waals surface area (Å²) in [7, 11) is 0. The minimum absolute atomic E-state index is 0. The van der Waals surface area contributed by atoms with E-state index in [1.165, 1.54) is 22.0 Å². The van der Waals surface area contributed by atoms with Gasteiger partial charge in [-0.15, -0.1) is 24.0 Å². The van der Waals surface area contributed by atoms with Gasteiger partial charge in [0.2, 0.25) is 0 Å². The van der Waals surface area contributed by atoms with Crippen molar-refractivity contribution in [1.82, 2.24) is 15.6 Å². The van der Waals surface area contributed by atoms with Crippen molar-refractivity contribution in [2.24, 2.45) is 4.99 Å². The first-order valence-corrected chi connectivity index (χ1v) is 9.96. The summed E-state index contributed by atoms with van der Waals surface area (Å²) in [6.45, 7) is 6.40. The maximum Gasteiger partial charge on any atom is 0.191 e. The molecule has 3 aromatic rings. The summed E-state index contributed by atoms with van der Waals surface area (Å²) in [5, 5.41) is 17.7. The number of aromatic amines is 1. The molecule has 4 N–H and O–H groups in total. The lowest BCUT2D eigenvalue weighted by Gasteiger charge is -2.15. The first-order valence-electron chi connectivity index (χ1n) is 9.96. The minimum atomic E-state index is 0. The Hall–Kier alpha value is -2.06. The lowest BCUT2D eigenvalue weighted by molar-refractivity contribution is 0.268. The van der Waals surface area contributed by atoms with Crippen molar-refractivity contribution in [3.05, 3.63) is 71.4 Å². The number of guanidine groups is 1. The van der Waals surface area contributed by atoms with E-state index in [2.05, 4.69) is 58.9 Å². The Balaban J connectivity index is 0.00000300. The van der Waals surface area contributed by atoms with Crippen LogP contribution in [-0.4, -0.2) is 42.3 Å². The third-order valence-corrected chi connectivity index (χ3v) is 5.00. The number of hydrogen-bond acceptors (Lipinski definition) is 2. The molecule has 0 aliphatic carbocycles. The molecule has 2 aromatic carbocycles. The molecule has 0 saturated heterocycles. The molecule has 0 amide bonds. The van der Waals surface area contributed by atoms with Gasteiger partial charge in [0.05, 0.1) is 13.2 Å². The molecule has 0 radical (unpaired) electrons. The Kier molecular flexibility index (Phi) is 9.47. The van der Waals surface area contributed by atoms with E-state index in [4.69, 9.17) is 0 Å². The van der Waals surface area contributed by atoms with Crippen LogP contribution >= 0.6 is 24.0 Å². The van der Waals surface area contributed by atoms with Gasteiger partial charge in [-0.1, -0.05) is 48.5 Å². The molecule has 1 heterocycles. The van der Waals surface area contributed by atoms with Crippen LogP contribution in [0.5, 0.6) is 0 Å². The van der Waals surface area contributed by atoms with Crippen LogP contribution in [0.2, 0.25) is 0 Å². The van der Waals surface area contributed by atoms with Gasteiger partial charge >= 0.3 is 0 Å². The summed E-state index contributed by atoms with van der Waals surface area (Å²) >= 11 is 0. The van der Waals surface area contributed by atoms with Gasteiger partial charge in [-0.2, -0.15) is 0 Å². The lowest BCUT2D eigenvalue weighted by atomic mass is 10.0. The van der Waals surface area contributed by atoms with Gasteiger partial charge in [-0.3, -0.25) is 4.99 Å². The number of aliphatic hydroxyl groups excluding tert-OH is 1. The highest BCUT2D eigenvalue weighted by molar-refractivity contribution is 14.0. The van der Waals surface area contributed by atoms with Gasteiger partial charge < -0.3 is 20.7 Å². The fraction of sp³-hybridized carbons (Fsp3) is 0.348. The number of aliphatic imine (C=N–C) groups is 1. The second-order valence-corrected chi connectivity index (χ2v) is 7.00. The number of aliphatic hydroxyl groups is 1. The summed E-state index contributed by atoms with van der Waals surface area (Å²) in [4.78, 5) is 8.07. The molecule has 0 aliphatic heterocycles. The lowest BCUT2D eigenvalue weighted by Crippen LogP contribution is -2.38. The molecule has 0 fully saturated rings. The van der Waals surface area contributed by atoms with Gasteiger partial charge in [-0.05, 0) is 37.0 Å². The van der Waals surface area contributed by atoms with Crippen LogP contribution in [-0.2, 0) is 6.42 Å². The van der Waals surface area contributed by atoms with E-state index in [1.807, 2.05) is 30.3 Å². The summed E-state index contributed by atoms with van der Waals surface area (Å²) in [6.07, 6.45) is 3.01. The Labute approximate surface area is 190 Å². The maximum atomic E-state index is 9.73. The van der Waals surface area contributed by atoms with Gasteiger partial charge in [0.25, 0.3) is 0 Å². The molecular weight excluding hydrogens is 475 g/mol. The number of benzene rings is 2. The smallest absolute Gasteiger partial charge is 0.191 e. The predicted octanol–water partition coefficient (Wildman–Crippen LogP) is 3.97. The number of nitrogens with one attached hydrogen (secondary N) is 3. The molecule has 0 spiro atoms. The van der Waals surface area contributed by atoms with Crippen LogP contribution in [0.25, 0.3) is 10.9 Å². The van der Waals surface area contributed by atoms with Gasteiger partial charge in [0.15, 0.2) is 5.96 Å². The Morgan fingerprint density at radius 1 is 1.10 bits per heavy atom. The summed E-state index contributed by atoms with van der Waals surface area (Å²) < 4.78 is 0. The van der Waals surface area contributed by atoms with Crippen LogP contribution in [0.4, 0.5) is 0 Å². The number of aromatic nitrogens is 1. The topological polar surface area (TPSA) is 72.4 Å². The van der Waals surface area contributed by atoms with Gasteiger partial charge in [-0.25, -0.2) is 0 Å². The Morgan fingerprint density at radius 2 is 1.90 bits per heavy atom. The van der Waals surface area contributed by atoms with E-state index in [0.29, 0.717) is 6.54 Å². The van der Waals surface area contributed by atoms with Crippen LogP contribution in [0.3, 0.4) is 0 Å². The maximum absolute atomic E-state index is 9.73. The SMILES string of the molecule is CCNC(=NCC(CO)c1ccccc1)NCCc1c[nH]c2c(C)cccc12.I. The van der Waals surface area contributed by atoms with E-state index in [0.717, 1.165) is 31.0 Å². The quantitative estimate of drug-likeness (QED) is 0.212. The molecule has 1 unspecified atom stereocenters. The van der Waals surface area contributed by atoms with E-state index in [9.17, 15) is 5.11 Å². The van der Waals surface area contributed by atoms with E-state index in [-0.39, 0.29) is 36.5 Å². The van der Waals surface area contributed by atoms with Gasteiger partial charge in [0.1, 0.15) is 0 Å². The first-order chi connectivity index (χ1) is 13.7. The Morgan fingerprint density at radius 3 is 2.62 bits per heavy atom. The Bertz CT molecular complexity index is 908. The molecule has 1 aromatic heterocycles. The van der Waals surface area contributed by atoms with Crippen molar-refractivity contribution in [2.45, 2.75) is 26.2 Å². The second-order valence-electron chi connectivity index (χ2n) is 7.00. The number of hydrogen-bond donors (Lipinski definition) is 4. The fourth-order valence-corrected chi connectivity index (χ4v) is 3.42. The third kappa shape index (κ3) is 6.21. The molecular formula is C23H31IN4O. The number of rotatable bonds is 8. The standard InChI is InChI=1S/C23H30N4O.HI/c1-3-24-23(27-15-20(16-28)18-9-5-4-6-10-18)25-13-12-19-14-26-22-17(2)8-7-11-21(19)22;/h4-11,14,20,26,28H,3,12-13,15-16H2,1-2H3,(H2,24,25,27);1H. The van der Waals surface area contributed by atoms with Gasteiger partial charge in [0, 0.05) is 36.1 Å². The highest BCUT2D eigenvalue weighted by Crippen LogP contribution is 2.21. The number of nitrogens with zero attached hydrogens (tertiary/aromatic N) is 1. The molecule has 0 aliphatic rings. The summed E-state index contributed by atoms with van der Waals surface area (Å²) in [5.41, 5.74) is 4.90. The molecule has 156 valence electrons. The zero-order valence-electron chi connectivity index (χ0n) is 17.1. The summed E-state index contributed by atoms with van der Waals surface area (Å²) in [5.74, 6) is 0.793. The fourth-order valence-electron chi connectivity index (χ4n) is 3.42. The molecule has 0 saturated carbocycles. The van der Waals surface area contributed by atoms with Crippen molar-refractivity contribution in [1.29, 1.82) is 0 Å². The highest BCUT2D eigenvalue weighted by Gasteiger charge is 2.10. The van der Waals surface area contributed by atoms with Crippen LogP contribution in [0, 0.1) is 6.92 Å². The highest BCUT2D eigenvalue weighted by atomic mass is 127. The molecule has 5 nitrogen and oxygen atoms in total. The molecule has 3 rings (SSSR count). The van der Waals surface area contributed by atoms with Crippen LogP contribution < -0.4 is 10.6 Å². The zero-order chi connectivity index (χ0) is 19.8. The average molecular weight is 506 g/mol. The average Bonchev–Trinajstić information content (AvgIpc) is 3.14. The molecule has 6 heteroatoms. The number of para-hydroxylation sites is 1. The molecule has 29 heavy (non-hydrogen) atoms. The second kappa shape index (κ2) is 11.8. The first kappa shape index (κ1) is 23.2. The minimum Gasteiger partial charge on any atom is -0.396 e. The zero-order valence-corrected chi connectivity index (χ0v) is 19.4. The molecule has 1 atom stereocenters. The van der Waals surface area contributed by atoms with Crippen molar-refractivity contribution < 1.29 is 5.11 Å². The van der Waals surface area contributed by atoms with Crippen molar-refractivity contribution >= 4 is 40.8 Å². The monoisotopic (exact) mass is 506 g/mol. The van der Waals surface area contributed by atoms with Crippen LogP contribution in [0.1, 0.15) is 29.5 Å². The van der Waals surface area contributed by atoms with Crippen LogP contribution in [0.15, 0.2) is 59.7 Å². The largest absolute Gasteiger partial charge is 0.396 e. The number of H-pyrrole nitrogens is 1. The van der Waals surface area contributed by atoms with E-state index < -0.39 is 0 Å². The van der Waals surface area contributed by atoms with Crippen molar-refractivity contribution in [3.8, 4) is 0 Å². The number of halogens is 1.